The summed E-state index contributed by atoms with van der Waals surface area (Å²) in [6, 6.07) is 6.57. The Morgan fingerprint density at radius 2 is 1.98 bits per heavy atom. The molecule has 1 spiro atoms. The topological polar surface area (TPSA) is 123 Å². The summed E-state index contributed by atoms with van der Waals surface area (Å²) in [6.45, 7) is 13.6. The lowest BCUT2D eigenvalue weighted by molar-refractivity contribution is -0.261. The van der Waals surface area contributed by atoms with Crippen molar-refractivity contribution >= 4 is 6.08 Å². The van der Waals surface area contributed by atoms with Gasteiger partial charge in [-0.05, 0) is 86.7 Å². The van der Waals surface area contributed by atoms with Crippen LogP contribution < -0.4 is 10.1 Å². The van der Waals surface area contributed by atoms with E-state index in [4.69, 9.17) is 9.47 Å². The number of benzene rings is 1. The maximum atomic E-state index is 10.7. The fourth-order valence-corrected chi connectivity index (χ4v) is 7.14. The normalized spacial score (nSPS) is 28.2. The quantitative estimate of drug-likeness (QED) is 0.281. The molecule has 4 heterocycles. The molecule has 0 amide bonds. The van der Waals surface area contributed by atoms with Gasteiger partial charge in [0.15, 0.2) is 0 Å². The zero-order valence-corrected chi connectivity index (χ0v) is 26.4. The number of rotatable bonds is 10. The molecule has 1 aromatic carbocycles. The molecule has 5 atom stereocenters. The first-order valence-electron chi connectivity index (χ1n) is 16.2. The zero-order valence-electron chi connectivity index (χ0n) is 26.4. The molecule has 5 rings (SSSR count). The van der Waals surface area contributed by atoms with Crippen LogP contribution in [-0.2, 0) is 11.2 Å². The van der Waals surface area contributed by atoms with E-state index in [1.807, 2.05) is 0 Å². The second-order valence-electron chi connectivity index (χ2n) is 13.4. The largest absolute Gasteiger partial charge is 0.444 e. The molecule has 0 saturated carbocycles. The number of aromatic amines is 1. The minimum absolute atomic E-state index is 0.190. The number of nitrogens with one attached hydrogen (secondary N) is 2. The number of nitrogens with zero attached hydrogens (tertiary/aromatic N) is 2. The maximum Gasteiger partial charge on any atom is 0.238 e. The van der Waals surface area contributed by atoms with Crippen LogP contribution in [0.5, 0.6) is 5.88 Å². The highest BCUT2D eigenvalue weighted by Crippen LogP contribution is 2.38. The summed E-state index contributed by atoms with van der Waals surface area (Å²) in [6.07, 6.45) is 7.68. The first-order chi connectivity index (χ1) is 20.7. The number of hydrogen-bond donors (Lipinski definition) is 5. The standard InChI is InChI=1S/C34H52N4O5/c1-22(2)29-27(32(37-36-29)43-33-31(41)24(4)30(40)28(20-39)42-33)19-26-10-9-25(18-23(26)3)8-5-6-16-38-17-7-11-34(21-38)12-14-35-15-13-34/h5,8-10,18,22,24,28,30-31,33,35,39-41H,6-7,11-17,19-21H2,1-4H3,(H,36,37)/b8-5+/t24-,28+,30-,31+,33-/m0/s1. The van der Waals surface area contributed by atoms with Crippen molar-refractivity contribution in [3.05, 3.63) is 52.2 Å². The van der Waals surface area contributed by atoms with Crippen LogP contribution >= 0.6 is 0 Å². The highest BCUT2D eigenvalue weighted by Gasteiger charge is 2.43. The Morgan fingerprint density at radius 3 is 2.70 bits per heavy atom. The fourth-order valence-electron chi connectivity index (χ4n) is 7.14. The maximum absolute atomic E-state index is 10.7. The molecule has 9 nitrogen and oxygen atoms in total. The summed E-state index contributed by atoms with van der Waals surface area (Å²) in [5.74, 6) is 0.0482. The third-order valence-corrected chi connectivity index (χ3v) is 9.95. The summed E-state index contributed by atoms with van der Waals surface area (Å²) in [5, 5.41) is 41.8. The van der Waals surface area contributed by atoms with E-state index in [1.54, 1.807) is 6.92 Å². The summed E-state index contributed by atoms with van der Waals surface area (Å²) < 4.78 is 11.8. The van der Waals surface area contributed by atoms with Gasteiger partial charge in [0.25, 0.3) is 0 Å². The van der Waals surface area contributed by atoms with Crippen LogP contribution in [0.4, 0.5) is 0 Å². The van der Waals surface area contributed by atoms with Gasteiger partial charge in [-0.2, -0.15) is 0 Å². The van der Waals surface area contributed by atoms with Crippen LogP contribution in [0, 0.1) is 18.3 Å². The number of aliphatic hydroxyl groups is 3. The molecule has 0 bridgehead atoms. The summed E-state index contributed by atoms with van der Waals surface area (Å²) in [7, 11) is 0. The highest BCUT2D eigenvalue weighted by molar-refractivity contribution is 5.52. The predicted molar refractivity (Wildman–Crippen MR) is 168 cm³/mol. The molecule has 43 heavy (non-hydrogen) atoms. The molecule has 3 saturated heterocycles. The molecule has 3 fully saturated rings. The Labute approximate surface area is 256 Å². The van der Waals surface area contributed by atoms with Crippen LogP contribution in [0.3, 0.4) is 0 Å². The molecule has 1 aromatic heterocycles. The van der Waals surface area contributed by atoms with E-state index >= 15 is 0 Å². The number of aryl methyl sites for hydroxylation is 1. The Hall–Kier alpha value is -2.27. The number of piperidine rings is 2. The first kappa shape index (κ1) is 32.1. The molecule has 3 aliphatic heterocycles. The van der Waals surface area contributed by atoms with Gasteiger partial charge in [0, 0.05) is 36.7 Å². The number of ether oxygens (including phenoxy) is 2. The zero-order chi connectivity index (χ0) is 30.6. The molecular weight excluding hydrogens is 544 g/mol. The highest BCUT2D eigenvalue weighted by atomic mass is 16.7. The predicted octanol–water partition coefficient (Wildman–Crippen LogP) is 3.76. The third-order valence-electron chi connectivity index (χ3n) is 9.95. The van der Waals surface area contributed by atoms with Crippen LogP contribution in [0.1, 0.15) is 86.7 Å². The average molecular weight is 597 g/mol. The van der Waals surface area contributed by atoms with Gasteiger partial charge in [-0.3, -0.25) is 5.10 Å². The van der Waals surface area contributed by atoms with E-state index in [9.17, 15) is 15.3 Å². The van der Waals surface area contributed by atoms with Crippen molar-refractivity contribution in [2.45, 2.75) is 96.7 Å². The molecule has 238 valence electrons. The lowest BCUT2D eigenvalue weighted by Crippen LogP contribution is -2.56. The van der Waals surface area contributed by atoms with Crippen molar-refractivity contribution in [1.29, 1.82) is 0 Å². The second-order valence-corrected chi connectivity index (χ2v) is 13.4. The molecule has 5 N–H and O–H groups in total. The molecule has 3 aliphatic rings. The second kappa shape index (κ2) is 14.2. The minimum Gasteiger partial charge on any atom is -0.444 e. The van der Waals surface area contributed by atoms with Gasteiger partial charge in [-0.1, -0.05) is 51.1 Å². The molecule has 2 aromatic rings. The van der Waals surface area contributed by atoms with E-state index < -0.39 is 30.5 Å². The molecule has 0 unspecified atom stereocenters. The van der Waals surface area contributed by atoms with Gasteiger partial charge in [-0.15, -0.1) is 5.10 Å². The van der Waals surface area contributed by atoms with Crippen LogP contribution in [-0.4, -0.2) is 94.3 Å². The van der Waals surface area contributed by atoms with E-state index in [0.29, 0.717) is 17.7 Å². The number of hydrogen-bond acceptors (Lipinski definition) is 8. The Morgan fingerprint density at radius 1 is 1.19 bits per heavy atom. The van der Waals surface area contributed by atoms with Crippen molar-refractivity contribution in [2.75, 3.05) is 39.3 Å². The van der Waals surface area contributed by atoms with Gasteiger partial charge in [-0.25, -0.2) is 0 Å². The monoisotopic (exact) mass is 596 g/mol. The molecular formula is C34H52N4O5. The SMILES string of the molecule is Cc1cc(/C=C/CCN2CCCC3(CCNCC3)C2)ccc1Cc1c(O[C@@H]2O[C@H](CO)[C@@H](O)[C@H](C)[C@H]2O)n[nH]c1C(C)C. The van der Waals surface area contributed by atoms with Crippen molar-refractivity contribution in [3.63, 3.8) is 0 Å². The average Bonchev–Trinajstić information content (AvgIpc) is 3.39. The summed E-state index contributed by atoms with van der Waals surface area (Å²) in [4.78, 5) is 2.68. The summed E-state index contributed by atoms with van der Waals surface area (Å²) >= 11 is 0. The number of H-pyrrole nitrogens is 1. The van der Waals surface area contributed by atoms with Gasteiger partial charge in [0.05, 0.1) is 12.7 Å². The van der Waals surface area contributed by atoms with Crippen LogP contribution in [0.2, 0.25) is 0 Å². The van der Waals surface area contributed by atoms with Crippen LogP contribution in [0.15, 0.2) is 24.3 Å². The Kier molecular flexibility index (Phi) is 10.6. The molecule has 9 heteroatoms. The lowest BCUT2D eigenvalue weighted by Gasteiger charge is -2.45. The Bertz CT molecular complexity index is 1220. The van der Waals surface area contributed by atoms with Crippen molar-refractivity contribution < 1.29 is 24.8 Å². The van der Waals surface area contributed by atoms with Gasteiger partial charge in [0.2, 0.25) is 12.2 Å². The minimum atomic E-state index is -1.06. The van der Waals surface area contributed by atoms with Gasteiger partial charge >= 0.3 is 0 Å². The van der Waals surface area contributed by atoms with Gasteiger partial charge < -0.3 is 35.0 Å². The smallest absolute Gasteiger partial charge is 0.238 e. The number of aromatic nitrogens is 2. The molecule has 0 radical (unpaired) electrons. The van der Waals surface area contributed by atoms with Crippen molar-refractivity contribution in [2.24, 2.45) is 11.3 Å². The fraction of sp³-hybridized carbons (Fsp3) is 0.676. The van der Waals surface area contributed by atoms with E-state index in [2.05, 4.69) is 71.5 Å². The molecule has 0 aliphatic carbocycles. The number of likely N-dealkylation sites (tertiary alicyclic amines) is 1. The van der Waals surface area contributed by atoms with E-state index in [1.165, 1.54) is 68.6 Å². The van der Waals surface area contributed by atoms with E-state index in [0.717, 1.165) is 24.2 Å². The van der Waals surface area contributed by atoms with Gasteiger partial charge in [0.1, 0.15) is 12.2 Å². The van der Waals surface area contributed by atoms with Crippen molar-refractivity contribution in [3.8, 4) is 5.88 Å². The number of aliphatic hydroxyl groups excluding tert-OH is 3. The summed E-state index contributed by atoms with van der Waals surface area (Å²) in [5.41, 5.74) is 6.00. The van der Waals surface area contributed by atoms with Crippen LogP contribution in [0.25, 0.3) is 6.08 Å². The Balaban J connectivity index is 1.22. The van der Waals surface area contributed by atoms with E-state index in [-0.39, 0.29) is 12.5 Å². The van der Waals surface area contributed by atoms with Crippen molar-refractivity contribution in [1.82, 2.24) is 20.4 Å². The first-order valence-corrected chi connectivity index (χ1v) is 16.2. The lowest BCUT2D eigenvalue weighted by atomic mass is 9.73. The third kappa shape index (κ3) is 7.52.